The average molecular weight is 426 g/mol. The Bertz CT molecular complexity index is 857. The average Bonchev–Trinajstić information content (AvgIpc) is 3.04. The van der Waals surface area contributed by atoms with E-state index in [0.29, 0.717) is 22.0 Å². The van der Waals surface area contributed by atoms with Crippen molar-refractivity contribution >= 4 is 51.0 Å². The SMILES string of the molecule is O=C(CSc1nnc(-c2cccc(Br)c2)o1)Nc1ccc(Cl)cn1. The molecule has 9 heteroatoms. The minimum absolute atomic E-state index is 0.129. The summed E-state index contributed by atoms with van der Waals surface area (Å²) in [6.45, 7) is 0. The zero-order valence-corrected chi connectivity index (χ0v) is 15.2. The van der Waals surface area contributed by atoms with Gasteiger partial charge in [-0.05, 0) is 30.3 Å². The first-order valence-corrected chi connectivity index (χ1v) is 8.89. The predicted octanol–water partition coefficient (Wildman–Crippen LogP) is 4.28. The van der Waals surface area contributed by atoms with Gasteiger partial charge in [-0.2, -0.15) is 0 Å². The quantitative estimate of drug-likeness (QED) is 0.615. The van der Waals surface area contributed by atoms with E-state index in [9.17, 15) is 4.79 Å². The molecule has 0 fully saturated rings. The summed E-state index contributed by atoms with van der Waals surface area (Å²) >= 11 is 10.3. The number of rotatable bonds is 5. The van der Waals surface area contributed by atoms with Gasteiger partial charge in [0.1, 0.15) is 5.82 Å². The molecule has 3 aromatic rings. The van der Waals surface area contributed by atoms with Gasteiger partial charge in [0.05, 0.1) is 10.8 Å². The summed E-state index contributed by atoms with van der Waals surface area (Å²) in [5.74, 6) is 0.741. The van der Waals surface area contributed by atoms with Crippen LogP contribution in [0.4, 0.5) is 5.82 Å². The molecule has 0 radical (unpaired) electrons. The Balaban J connectivity index is 1.57. The van der Waals surface area contributed by atoms with Crippen LogP contribution in [0.2, 0.25) is 5.02 Å². The number of amides is 1. The summed E-state index contributed by atoms with van der Waals surface area (Å²) in [5.41, 5.74) is 0.804. The van der Waals surface area contributed by atoms with Gasteiger partial charge in [-0.25, -0.2) is 4.98 Å². The van der Waals surface area contributed by atoms with Crippen LogP contribution in [0.25, 0.3) is 11.5 Å². The first-order chi connectivity index (χ1) is 11.6. The number of aromatic nitrogens is 3. The third-order valence-electron chi connectivity index (χ3n) is 2.80. The van der Waals surface area contributed by atoms with Crippen LogP contribution in [-0.4, -0.2) is 26.8 Å². The Hall–Kier alpha value is -1.90. The second kappa shape index (κ2) is 7.78. The maximum absolute atomic E-state index is 11.9. The lowest BCUT2D eigenvalue weighted by Crippen LogP contribution is -2.14. The molecule has 0 saturated carbocycles. The van der Waals surface area contributed by atoms with Crippen LogP contribution in [-0.2, 0) is 4.79 Å². The molecule has 0 atom stereocenters. The molecule has 0 saturated heterocycles. The van der Waals surface area contributed by atoms with E-state index in [1.807, 2.05) is 24.3 Å². The van der Waals surface area contributed by atoms with E-state index in [1.54, 1.807) is 12.1 Å². The van der Waals surface area contributed by atoms with Crippen molar-refractivity contribution in [1.29, 1.82) is 0 Å². The van der Waals surface area contributed by atoms with Gasteiger partial charge in [0.2, 0.25) is 11.8 Å². The molecule has 24 heavy (non-hydrogen) atoms. The second-order valence-corrected chi connectivity index (χ2v) is 6.86. The number of benzene rings is 1. The number of carbonyl (C=O) groups is 1. The molecule has 0 aliphatic carbocycles. The maximum Gasteiger partial charge on any atom is 0.277 e. The molecular weight excluding hydrogens is 416 g/mol. The van der Waals surface area contributed by atoms with Gasteiger partial charge in [0.25, 0.3) is 5.22 Å². The number of halogens is 2. The smallest absolute Gasteiger partial charge is 0.277 e. The molecule has 2 heterocycles. The van der Waals surface area contributed by atoms with Gasteiger partial charge in [-0.15, -0.1) is 10.2 Å². The standard InChI is InChI=1S/C15H10BrClN4O2S/c16-10-3-1-2-9(6-10)14-20-21-15(23-14)24-8-13(22)19-12-5-4-11(17)7-18-12/h1-7H,8H2,(H,18,19,22). The van der Waals surface area contributed by atoms with Gasteiger partial charge in [-0.3, -0.25) is 4.79 Å². The lowest BCUT2D eigenvalue weighted by atomic mass is 10.2. The topological polar surface area (TPSA) is 80.9 Å². The molecule has 0 aliphatic heterocycles. The monoisotopic (exact) mass is 424 g/mol. The largest absolute Gasteiger partial charge is 0.411 e. The number of nitrogens with zero attached hydrogens (tertiary/aromatic N) is 3. The first-order valence-electron chi connectivity index (χ1n) is 6.74. The van der Waals surface area contributed by atoms with Crippen LogP contribution in [0.1, 0.15) is 0 Å². The van der Waals surface area contributed by atoms with Crippen LogP contribution < -0.4 is 5.32 Å². The molecule has 0 bridgehead atoms. The van der Waals surface area contributed by atoms with Crippen molar-refractivity contribution in [2.75, 3.05) is 11.1 Å². The summed E-state index contributed by atoms with van der Waals surface area (Å²) in [5, 5.41) is 11.4. The third kappa shape index (κ3) is 4.56. The molecule has 0 spiro atoms. The van der Waals surface area contributed by atoms with Crippen molar-refractivity contribution in [2.45, 2.75) is 5.22 Å². The number of pyridine rings is 1. The Morgan fingerprint density at radius 3 is 2.92 bits per heavy atom. The Labute approximate surface area is 155 Å². The number of hydrogen-bond donors (Lipinski definition) is 1. The normalized spacial score (nSPS) is 10.6. The molecule has 122 valence electrons. The Kier molecular flexibility index (Phi) is 5.49. The summed E-state index contributed by atoms with van der Waals surface area (Å²) in [6, 6.07) is 10.8. The van der Waals surface area contributed by atoms with E-state index in [-0.39, 0.29) is 11.7 Å². The van der Waals surface area contributed by atoms with E-state index >= 15 is 0 Å². The van der Waals surface area contributed by atoms with Gasteiger partial charge >= 0.3 is 0 Å². The third-order valence-corrected chi connectivity index (χ3v) is 4.33. The van der Waals surface area contributed by atoms with Crippen molar-refractivity contribution < 1.29 is 9.21 Å². The van der Waals surface area contributed by atoms with Crippen LogP contribution in [0.15, 0.2) is 56.7 Å². The number of carbonyl (C=O) groups excluding carboxylic acids is 1. The summed E-state index contributed by atoms with van der Waals surface area (Å²) in [6.07, 6.45) is 1.46. The fourth-order valence-electron chi connectivity index (χ4n) is 1.76. The molecule has 1 amide bonds. The Morgan fingerprint density at radius 1 is 1.29 bits per heavy atom. The molecule has 0 aliphatic rings. The lowest BCUT2D eigenvalue weighted by Gasteiger charge is -2.02. The van der Waals surface area contributed by atoms with Crippen molar-refractivity contribution in [3.63, 3.8) is 0 Å². The van der Waals surface area contributed by atoms with Crippen molar-refractivity contribution in [2.24, 2.45) is 0 Å². The molecule has 1 N–H and O–H groups in total. The van der Waals surface area contributed by atoms with Crippen LogP contribution in [0, 0.1) is 0 Å². The van der Waals surface area contributed by atoms with E-state index in [1.165, 1.54) is 6.20 Å². The molecule has 2 aromatic heterocycles. The van der Waals surface area contributed by atoms with Crippen LogP contribution >= 0.6 is 39.3 Å². The van der Waals surface area contributed by atoms with Gasteiger partial charge in [-0.1, -0.05) is 45.4 Å². The van der Waals surface area contributed by atoms with Crippen LogP contribution in [0.3, 0.4) is 0 Å². The van der Waals surface area contributed by atoms with Gasteiger partial charge < -0.3 is 9.73 Å². The van der Waals surface area contributed by atoms with E-state index in [4.69, 9.17) is 16.0 Å². The highest BCUT2D eigenvalue weighted by atomic mass is 79.9. The minimum atomic E-state index is -0.225. The van der Waals surface area contributed by atoms with E-state index in [2.05, 4.69) is 36.4 Å². The van der Waals surface area contributed by atoms with Crippen molar-refractivity contribution in [3.8, 4) is 11.5 Å². The van der Waals surface area contributed by atoms with Crippen molar-refractivity contribution in [1.82, 2.24) is 15.2 Å². The highest BCUT2D eigenvalue weighted by molar-refractivity contribution is 9.10. The van der Waals surface area contributed by atoms with E-state index < -0.39 is 0 Å². The summed E-state index contributed by atoms with van der Waals surface area (Å²) in [4.78, 5) is 15.9. The van der Waals surface area contributed by atoms with E-state index in [0.717, 1.165) is 21.8 Å². The predicted molar refractivity (Wildman–Crippen MR) is 96.0 cm³/mol. The first kappa shape index (κ1) is 16.9. The second-order valence-electron chi connectivity index (χ2n) is 4.58. The molecule has 0 unspecified atom stereocenters. The van der Waals surface area contributed by atoms with Gasteiger partial charge in [0.15, 0.2) is 0 Å². The van der Waals surface area contributed by atoms with Crippen LogP contribution in [0.5, 0.6) is 0 Å². The number of thioether (sulfide) groups is 1. The molecule has 1 aromatic carbocycles. The molecule has 6 nitrogen and oxygen atoms in total. The number of anilines is 1. The fraction of sp³-hybridized carbons (Fsp3) is 0.0667. The molecule has 3 rings (SSSR count). The number of hydrogen-bond acceptors (Lipinski definition) is 6. The zero-order valence-electron chi connectivity index (χ0n) is 12.1. The van der Waals surface area contributed by atoms with Gasteiger partial charge in [0, 0.05) is 16.2 Å². The highest BCUT2D eigenvalue weighted by Crippen LogP contribution is 2.25. The lowest BCUT2D eigenvalue weighted by molar-refractivity contribution is -0.113. The maximum atomic E-state index is 11.9. The summed E-state index contributed by atoms with van der Waals surface area (Å²) in [7, 11) is 0. The van der Waals surface area contributed by atoms with Crippen molar-refractivity contribution in [3.05, 3.63) is 52.1 Å². The summed E-state index contributed by atoms with van der Waals surface area (Å²) < 4.78 is 6.47. The Morgan fingerprint density at radius 2 is 2.17 bits per heavy atom. The zero-order chi connectivity index (χ0) is 16.9. The fourth-order valence-corrected chi connectivity index (χ4v) is 2.84. The minimum Gasteiger partial charge on any atom is -0.411 e. The molecular formula is C15H10BrClN4O2S. The highest BCUT2D eigenvalue weighted by Gasteiger charge is 2.12. The number of nitrogens with one attached hydrogen (secondary N) is 1.